The highest BCUT2D eigenvalue weighted by Gasteiger charge is 2.13. The molecule has 5 heteroatoms. The van der Waals surface area contributed by atoms with Crippen LogP contribution in [0.2, 0.25) is 0 Å². The molecule has 1 rings (SSSR count). The second kappa shape index (κ2) is 5.48. The minimum absolute atomic E-state index is 0.164. The zero-order valence-corrected chi connectivity index (χ0v) is 9.45. The average molecular weight is 210 g/mol. The Morgan fingerprint density at radius 3 is 2.87 bits per heavy atom. The summed E-state index contributed by atoms with van der Waals surface area (Å²) in [5.74, 6) is 0.698. The summed E-state index contributed by atoms with van der Waals surface area (Å²) >= 11 is 0. The minimum atomic E-state index is -0.191. The van der Waals surface area contributed by atoms with Crippen molar-refractivity contribution in [2.24, 2.45) is 5.92 Å². The summed E-state index contributed by atoms with van der Waals surface area (Å²) < 4.78 is 0. The molecule has 0 aromatic carbocycles. The molecule has 0 bridgehead atoms. The Morgan fingerprint density at radius 1 is 1.60 bits per heavy atom. The van der Waals surface area contributed by atoms with Crippen LogP contribution in [0.15, 0.2) is 6.33 Å². The molecular weight excluding hydrogens is 192 g/mol. The van der Waals surface area contributed by atoms with E-state index in [1.807, 2.05) is 6.92 Å². The van der Waals surface area contributed by atoms with Crippen LogP contribution in [0.4, 0.5) is 0 Å². The fourth-order valence-electron chi connectivity index (χ4n) is 1.44. The summed E-state index contributed by atoms with van der Waals surface area (Å²) in [5, 5.41) is 9.04. The zero-order valence-electron chi connectivity index (χ0n) is 9.45. The SMILES string of the molecule is CCC(C)CC(C)NC(=O)c1ncn[nH]1. The Balaban J connectivity index is 2.38. The predicted molar refractivity (Wildman–Crippen MR) is 57.4 cm³/mol. The van der Waals surface area contributed by atoms with Crippen LogP contribution in [0.5, 0.6) is 0 Å². The quantitative estimate of drug-likeness (QED) is 0.770. The van der Waals surface area contributed by atoms with Crippen molar-refractivity contribution in [2.45, 2.75) is 39.7 Å². The van der Waals surface area contributed by atoms with Crippen LogP contribution >= 0.6 is 0 Å². The van der Waals surface area contributed by atoms with E-state index in [1.165, 1.54) is 6.33 Å². The van der Waals surface area contributed by atoms with Crippen molar-refractivity contribution in [2.75, 3.05) is 0 Å². The van der Waals surface area contributed by atoms with Gasteiger partial charge in [0.1, 0.15) is 6.33 Å². The number of H-pyrrole nitrogens is 1. The maximum absolute atomic E-state index is 11.5. The molecule has 0 saturated carbocycles. The highest BCUT2D eigenvalue weighted by atomic mass is 16.2. The van der Waals surface area contributed by atoms with Gasteiger partial charge in [0, 0.05) is 6.04 Å². The van der Waals surface area contributed by atoms with E-state index in [9.17, 15) is 4.79 Å². The standard InChI is InChI=1S/C10H18N4O/c1-4-7(2)5-8(3)13-10(15)9-11-6-12-14-9/h6-8H,4-5H2,1-3H3,(H,13,15)(H,11,12,14). The van der Waals surface area contributed by atoms with Crippen LogP contribution in [0.1, 0.15) is 44.2 Å². The first kappa shape index (κ1) is 11.7. The molecule has 15 heavy (non-hydrogen) atoms. The molecule has 0 aliphatic carbocycles. The molecule has 0 aliphatic heterocycles. The molecule has 0 fully saturated rings. The lowest BCUT2D eigenvalue weighted by atomic mass is 10.0. The van der Waals surface area contributed by atoms with E-state index in [4.69, 9.17) is 0 Å². The van der Waals surface area contributed by atoms with E-state index in [0.29, 0.717) is 5.92 Å². The summed E-state index contributed by atoms with van der Waals surface area (Å²) in [5.41, 5.74) is 0. The van der Waals surface area contributed by atoms with E-state index in [0.717, 1.165) is 12.8 Å². The summed E-state index contributed by atoms with van der Waals surface area (Å²) in [6.07, 6.45) is 3.44. The van der Waals surface area contributed by atoms with Gasteiger partial charge in [0.05, 0.1) is 0 Å². The van der Waals surface area contributed by atoms with Crippen LogP contribution in [-0.4, -0.2) is 27.1 Å². The van der Waals surface area contributed by atoms with Gasteiger partial charge in [-0.3, -0.25) is 9.89 Å². The van der Waals surface area contributed by atoms with E-state index in [1.54, 1.807) is 0 Å². The molecule has 2 atom stereocenters. The van der Waals surface area contributed by atoms with Crippen molar-refractivity contribution in [3.63, 3.8) is 0 Å². The largest absolute Gasteiger partial charge is 0.347 e. The molecule has 1 aromatic heterocycles. The van der Waals surface area contributed by atoms with E-state index in [-0.39, 0.29) is 17.8 Å². The number of carbonyl (C=O) groups excluding carboxylic acids is 1. The topological polar surface area (TPSA) is 70.7 Å². The Labute approximate surface area is 89.7 Å². The normalized spacial score (nSPS) is 14.6. The molecule has 0 radical (unpaired) electrons. The lowest BCUT2D eigenvalue weighted by Gasteiger charge is -2.16. The van der Waals surface area contributed by atoms with Crippen LogP contribution in [0.25, 0.3) is 0 Å². The van der Waals surface area contributed by atoms with E-state index < -0.39 is 0 Å². The van der Waals surface area contributed by atoms with Gasteiger partial charge in [-0.25, -0.2) is 4.98 Å². The molecular formula is C10H18N4O. The molecule has 2 unspecified atom stereocenters. The maximum atomic E-state index is 11.5. The van der Waals surface area contributed by atoms with E-state index >= 15 is 0 Å². The number of hydrogen-bond donors (Lipinski definition) is 2. The van der Waals surface area contributed by atoms with Crippen molar-refractivity contribution >= 4 is 5.91 Å². The Morgan fingerprint density at radius 2 is 2.33 bits per heavy atom. The molecule has 1 amide bonds. The number of amides is 1. The Kier molecular flexibility index (Phi) is 4.27. The molecule has 0 spiro atoms. The van der Waals surface area contributed by atoms with Gasteiger partial charge >= 0.3 is 0 Å². The van der Waals surface area contributed by atoms with Gasteiger partial charge in [-0.2, -0.15) is 5.10 Å². The fraction of sp³-hybridized carbons (Fsp3) is 0.700. The number of rotatable bonds is 5. The third-order valence-electron chi connectivity index (χ3n) is 2.46. The summed E-state index contributed by atoms with van der Waals surface area (Å²) in [6.45, 7) is 6.33. The van der Waals surface area contributed by atoms with Crippen LogP contribution < -0.4 is 5.32 Å². The molecule has 0 saturated heterocycles. The summed E-state index contributed by atoms with van der Waals surface area (Å²) in [6, 6.07) is 0.164. The van der Waals surface area contributed by atoms with Crippen LogP contribution in [-0.2, 0) is 0 Å². The molecule has 1 heterocycles. The van der Waals surface area contributed by atoms with Gasteiger partial charge in [-0.15, -0.1) is 0 Å². The highest BCUT2D eigenvalue weighted by Crippen LogP contribution is 2.09. The van der Waals surface area contributed by atoms with E-state index in [2.05, 4.69) is 34.3 Å². The van der Waals surface area contributed by atoms with Crippen molar-refractivity contribution in [3.8, 4) is 0 Å². The second-order valence-electron chi connectivity index (χ2n) is 3.96. The number of aromatic nitrogens is 3. The maximum Gasteiger partial charge on any atom is 0.288 e. The Hall–Kier alpha value is -1.39. The summed E-state index contributed by atoms with van der Waals surface area (Å²) in [7, 11) is 0. The summed E-state index contributed by atoms with van der Waals surface area (Å²) in [4.78, 5) is 15.3. The first-order valence-electron chi connectivity index (χ1n) is 5.29. The van der Waals surface area contributed by atoms with Crippen molar-refractivity contribution in [3.05, 3.63) is 12.2 Å². The Bertz CT molecular complexity index is 296. The third kappa shape index (κ3) is 3.69. The van der Waals surface area contributed by atoms with Gasteiger partial charge in [0.15, 0.2) is 0 Å². The van der Waals surface area contributed by atoms with Gasteiger partial charge in [0.2, 0.25) is 5.82 Å². The minimum Gasteiger partial charge on any atom is -0.347 e. The number of carbonyl (C=O) groups is 1. The highest BCUT2D eigenvalue weighted by molar-refractivity contribution is 5.90. The number of aromatic amines is 1. The van der Waals surface area contributed by atoms with Gasteiger partial charge in [-0.1, -0.05) is 20.3 Å². The van der Waals surface area contributed by atoms with Crippen molar-refractivity contribution in [1.29, 1.82) is 0 Å². The monoisotopic (exact) mass is 210 g/mol. The number of nitrogens with zero attached hydrogens (tertiary/aromatic N) is 2. The molecule has 1 aromatic rings. The molecule has 84 valence electrons. The van der Waals surface area contributed by atoms with Crippen LogP contribution in [0.3, 0.4) is 0 Å². The molecule has 0 aliphatic rings. The molecule has 2 N–H and O–H groups in total. The number of nitrogens with one attached hydrogen (secondary N) is 2. The predicted octanol–water partition coefficient (Wildman–Crippen LogP) is 1.36. The lowest BCUT2D eigenvalue weighted by molar-refractivity contribution is 0.0925. The zero-order chi connectivity index (χ0) is 11.3. The van der Waals surface area contributed by atoms with Gasteiger partial charge in [0.25, 0.3) is 5.91 Å². The van der Waals surface area contributed by atoms with Gasteiger partial charge in [-0.05, 0) is 19.3 Å². The van der Waals surface area contributed by atoms with Crippen molar-refractivity contribution < 1.29 is 4.79 Å². The average Bonchev–Trinajstić information content (AvgIpc) is 2.70. The third-order valence-corrected chi connectivity index (χ3v) is 2.46. The lowest BCUT2D eigenvalue weighted by Crippen LogP contribution is -2.34. The van der Waals surface area contributed by atoms with Crippen LogP contribution in [0, 0.1) is 5.92 Å². The van der Waals surface area contributed by atoms with Gasteiger partial charge < -0.3 is 5.32 Å². The van der Waals surface area contributed by atoms with Crippen molar-refractivity contribution in [1.82, 2.24) is 20.5 Å². The smallest absolute Gasteiger partial charge is 0.288 e. The second-order valence-corrected chi connectivity index (χ2v) is 3.96. The number of hydrogen-bond acceptors (Lipinski definition) is 3. The first-order valence-corrected chi connectivity index (χ1v) is 5.29. The first-order chi connectivity index (χ1) is 7.13. The fourth-order valence-corrected chi connectivity index (χ4v) is 1.44. The molecule has 5 nitrogen and oxygen atoms in total.